The van der Waals surface area contributed by atoms with Gasteiger partial charge < -0.3 is 15.4 Å². The Labute approximate surface area is 129 Å². The van der Waals surface area contributed by atoms with Crippen LogP contribution in [-0.2, 0) is 4.74 Å². The maximum Gasteiger partial charge on any atom is 0.319 e. The summed E-state index contributed by atoms with van der Waals surface area (Å²) in [6.45, 7) is 4.34. The first-order chi connectivity index (χ1) is 10.6. The van der Waals surface area contributed by atoms with Crippen LogP contribution in [0.1, 0.15) is 19.2 Å². The van der Waals surface area contributed by atoms with Crippen molar-refractivity contribution >= 4 is 11.7 Å². The minimum absolute atomic E-state index is 0.000467. The van der Waals surface area contributed by atoms with E-state index < -0.39 is 0 Å². The van der Waals surface area contributed by atoms with Crippen molar-refractivity contribution in [2.24, 2.45) is 0 Å². The quantitative estimate of drug-likeness (QED) is 0.763. The summed E-state index contributed by atoms with van der Waals surface area (Å²) < 4.78 is 5.05. The number of nitrogens with one attached hydrogen (secondary N) is 3. The van der Waals surface area contributed by atoms with Crippen LogP contribution in [0.3, 0.4) is 0 Å². The van der Waals surface area contributed by atoms with Crippen molar-refractivity contribution in [1.29, 1.82) is 0 Å². The molecule has 0 aliphatic rings. The molecule has 0 unspecified atom stereocenters. The molecule has 118 valence electrons. The summed E-state index contributed by atoms with van der Waals surface area (Å²) in [5.74, 6) is 1.40. The summed E-state index contributed by atoms with van der Waals surface area (Å²) in [4.78, 5) is 16.2. The molecular formula is C15H21N5O2. The fraction of sp³-hybridized carbons (Fsp3) is 0.400. The molecule has 1 aromatic heterocycles. The highest BCUT2D eigenvalue weighted by Crippen LogP contribution is 2.17. The largest absolute Gasteiger partial charge is 0.383 e. The van der Waals surface area contributed by atoms with Crippen molar-refractivity contribution in [3.8, 4) is 11.4 Å². The molecule has 7 nitrogen and oxygen atoms in total. The van der Waals surface area contributed by atoms with E-state index in [2.05, 4.69) is 25.8 Å². The number of carbonyl (C=O) groups excluding carboxylic acids is 1. The van der Waals surface area contributed by atoms with E-state index >= 15 is 0 Å². The van der Waals surface area contributed by atoms with Gasteiger partial charge in [0.2, 0.25) is 0 Å². The number of aryl methyl sites for hydroxylation is 1. The van der Waals surface area contributed by atoms with Gasteiger partial charge in [0, 0.05) is 18.4 Å². The van der Waals surface area contributed by atoms with E-state index in [1.807, 2.05) is 38.1 Å². The van der Waals surface area contributed by atoms with Crippen LogP contribution in [0, 0.1) is 6.92 Å². The highest BCUT2D eigenvalue weighted by atomic mass is 16.5. The second kappa shape index (κ2) is 7.56. The van der Waals surface area contributed by atoms with Gasteiger partial charge in [0.05, 0.1) is 12.6 Å². The third-order valence-electron chi connectivity index (χ3n) is 3.19. The number of hydrogen-bond acceptors (Lipinski definition) is 4. The molecule has 0 aliphatic heterocycles. The lowest BCUT2D eigenvalue weighted by atomic mass is 10.2. The van der Waals surface area contributed by atoms with Crippen LogP contribution in [0.15, 0.2) is 24.3 Å². The van der Waals surface area contributed by atoms with Crippen molar-refractivity contribution in [2.75, 3.05) is 19.0 Å². The molecule has 1 heterocycles. The molecule has 3 N–H and O–H groups in total. The highest BCUT2D eigenvalue weighted by Gasteiger charge is 2.10. The Balaban J connectivity index is 1.94. The smallest absolute Gasteiger partial charge is 0.319 e. The van der Waals surface area contributed by atoms with Crippen LogP contribution in [-0.4, -0.2) is 41.0 Å². The van der Waals surface area contributed by atoms with Gasteiger partial charge in [0.25, 0.3) is 0 Å². The van der Waals surface area contributed by atoms with Crippen molar-refractivity contribution in [1.82, 2.24) is 20.5 Å². The van der Waals surface area contributed by atoms with Gasteiger partial charge in [-0.2, -0.15) is 5.10 Å². The summed E-state index contributed by atoms with van der Waals surface area (Å²) in [6.07, 6.45) is 0.810. The number of hydrogen-bond donors (Lipinski definition) is 3. The molecule has 2 aromatic rings. The summed E-state index contributed by atoms with van der Waals surface area (Å²) in [7, 11) is 1.62. The second-order valence-corrected chi connectivity index (χ2v) is 4.98. The SMILES string of the molecule is CC[C@H](COC)NC(=O)Nc1ccc(-c2n[nH]c(C)n2)cc1. The fourth-order valence-corrected chi connectivity index (χ4v) is 1.99. The molecule has 2 rings (SSSR count). The van der Waals surface area contributed by atoms with Gasteiger partial charge >= 0.3 is 6.03 Å². The molecule has 22 heavy (non-hydrogen) atoms. The number of nitrogens with zero attached hydrogens (tertiary/aromatic N) is 2. The van der Waals surface area contributed by atoms with E-state index in [0.29, 0.717) is 18.1 Å². The minimum Gasteiger partial charge on any atom is -0.383 e. The van der Waals surface area contributed by atoms with E-state index in [9.17, 15) is 4.79 Å². The zero-order valence-electron chi connectivity index (χ0n) is 13.0. The monoisotopic (exact) mass is 303 g/mol. The maximum atomic E-state index is 11.9. The number of H-pyrrole nitrogens is 1. The Morgan fingerprint density at radius 2 is 2.09 bits per heavy atom. The number of ether oxygens (including phenoxy) is 1. The van der Waals surface area contributed by atoms with Crippen LogP contribution in [0.4, 0.5) is 10.5 Å². The minimum atomic E-state index is -0.245. The van der Waals surface area contributed by atoms with Crippen molar-refractivity contribution in [2.45, 2.75) is 26.3 Å². The van der Waals surface area contributed by atoms with E-state index in [1.54, 1.807) is 7.11 Å². The van der Waals surface area contributed by atoms with Gasteiger partial charge in [-0.05, 0) is 37.6 Å². The molecule has 0 radical (unpaired) electrons. The second-order valence-electron chi connectivity index (χ2n) is 4.98. The number of anilines is 1. The zero-order valence-corrected chi connectivity index (χ0v) is 13.0. The van der Waals surface area contributed by atoms with Gasteiger partial charge in [-0.1, -0.05) is 6.92 Å². The molecular weight excluding hydrogens is 282 g/mol. The molecule has 2 amide bonds. The average molecular weight is 303 g/mol. The van der Waals surface area contributed by atoms with Crippen molar-refractivity contribution in [3.05, 3.63) is 30.1 Å². The number of amides is 2. The predicted octanol–water partition coefficient (Wildman–Crippen LogP) is 2.33. The average Bonchev–Trinajstić information content (AvgIpc) is 2.94. The van der Waals surface area contributed by atoms with Gasteiger partial charge in [-0.15, -0.1) is 0 Å². The third kappa shape index (κ3) is 4.29. The first-order valence-electron chi connectivity index (χ1n) is 7.18. The topological polar surface area (TPSA) is 91.9 Å². The third-order valence-corrected chi connectivity index (χ3v) is 3.19. The fourth-order valence-electron chi connectivity index (χ4n) is 1.99. The Morgan fingerprint density at radius 1 is 1.36 bits per heavy atom. The van der Waals surface area contributed by atoms with Gasteiger partial charge in [0.1, 0.15) is 5.82 Å². The number of carbonyl (C=O) groups is 1. The Bertz CT molecular complexity index is 609. The Hall–Kier alpha value is -2.41. The predicted molar refractivity (Wildman–Crippen MR) is 84.7 cm³/mol. The lowest BCUT2D eigenvalue weighted by Gasteiger charge is -2.16. The number of rotatable bonds is 6. The molecule has 0 bridgehead atoms. The molecule has 0 aliphatic carbocycles. The van der Waals surface area contributed by atoms with Crippen LogP contribution in [0.5, 0.6) is 0 Å². The molecule has 0 saturated carbocycles. The molecule has 0 spiro atoms. The summed E-state index contributed by atoms with van der Waals surface area (Å²) >= 11 is 0. The maximum absolute atomic E-state index is 11.9. The van der Waals surface area contributed by atoms with Crippen molar-refractivity contribution in [3.63, 3.8) is 0 Å². The number of methoxy groups -OCH3 is 1. The molecule has 7 heteroatoms. The van der Waals surface area contributed by atoms with Gasteiger partial charge in [-0.25, -0.2) is 9.78 Å². The first kappa shape index (κ1) is 16.0. The number of aromatic nitrogens is 3. The normalized spacial score (nSPS) is 12.0. The summed E-state index contributed by atoms with van der Waals surface area (Å²) in [5, 5.41) is 12.6. The lowest BCUT2D eigenvalue weighted by Crippen LogP contribution is -2.40. The first-order valence-corrected chi connectivity index (χ1v) is 7.18. The Morgan fingerprint density at radius 3 is 2.64 bits per heavy atom. The number of urea groups is 1. The van der Waals surface area contributed by atoms with Crippen LogP contribution in [0.2, 0.25) is 0 Å². The van der Waals surface area contributed by atoms with Crippen LogP contribution in [0.25, 0.3) is 11.4 Å². The van der Waals surface area contributed by atoms with Gasteiger partial charge in [0.15, 0.2) is 5.82 Å². The molecule has 0 saturated heterocycles. The van der Waals surface area contributed by atoms with Crippen LogP contribution >= 0.6 is 0 Å². The molecule has 1 aromatic carbocycles. The van der Waals surface area contributed by atoms with Crippen LogP contribution < -0.4 is 10.6 Å². The lowest BCUT2D eigenvalue weighted by molar-refractivity contribution is 0.165. The van der Waals surface area contributed by atoms with E-state index in [4.69, 9.17) is 4.74 Å². The number of benzene rings is 1. The van der Waals surface area contributed by atoms with Crippen molar-refractivity contribution < 1.29 is 9.53 Å². The Kier molecular flexibility index (Phi) is 5.48. The molecule has 1 atom stereocenters. The zero-order chi connectivity index (χ0) is 15.9. The highest BCUT2D eigenvalue weighted by molar-refractivity contribution is 5.89. The summed E-state index contributed by atoms with van der Waals surface area (Å²) in [5.41, 5.74) is 1.60. The van der Waals surface area contributed by atoms with E-state index in [1.165, 1.54) is 0 Å². The standard InChI is InChI=1S/C15H21N5O2/c1-4-12(9-22-3)17-15(21)18-13-7-5-11(6-8-13)14-16-10(2)19-20-14/h5-8,12H,4,9H2,1-3H3,(H,16,19,20)(H2,17,18,21)/t12-/m1/s1. The van der Waals surface area contributed by atoms with E-state index in [-0.39, 0.29) is 12.1 Å². The summed E-state index contributed by atoms with van der Waals surface area (Å²) in [6, 6.07) is 7.12. The van der Waals surface area contributed by atoms with Gasteiger partial charge in [-0.3, -0.25) is 5.10 Å². The van der Waals surface area contributed by atoms with E-state index in [0.717, 1.165) is 17.8 Å². The number of aromatic amines is 1. The molecule has 0 fully saturated rings.